The summed E-state index contributed by atoms with van der Waals surface area (Å²) >= 11 is 0. The molecule has 2 aromatic rings. The van der Waals surface area contributed by atoms with Gasteiger partial charge >= 0.3 is 5.97 Å². The molecule has 0 saturated carbocycles. The summed E-state index contributed by atoms with van der Waals surface area (Å²) in [5.74, 6) is -1.47. The predicted molar refractivity (Wildman–Crippen MR) is 149 cm³/mol. The van der Waals surface area contributed by atoms with E-state index in [2.05, 4.69) is 16.0 Å². The van der Waals surface area contributed by atoms with E-state index >= 15 is 0 Å². The van der Waals surface area contributed by atoms with Gasteiger partial charge in [0.05, 0.1) is 13.2 Å². The largest absolute Gasteiger partial charge is 0.467 e. The quantitative estimate of drug-likeness (QED) is 0.384. The van der Waals surface area contributed by atoms with Gasteiger partial charge in [0.25, 0.3) is 0 Å². The van der Waals surface area contributed by atoms with Crippen LogP contribution in [0.4, 0.5) is 0 Å². The first kappa shape index (κ1) is 30.1. The number of methoxy groups -OCH3 is 1. The van der Waals surface area contributed by atoms with E-state index in [4.69, 9.17) is 4.74 Å². The minimum Gasteiger partial charge on any atom is -0.467 e. The highest BCUT2D eigenvalue weighted by atomic mass is 35.5. The van der Waals surface area contributed by atoms with Gasteiger partial charge in [-0.1, -0.05) is 60.7 Å². The first-order valence-electron chi connectivity index (χ1n) is 13.3. The van der Waals surface area contributed by atoms with Crippen LogP contribution in [0.1, 0.15) is 36.8 Å². The van der Waals surface area contributed by atoms with E-state index in [1.165, 1.54) is 7.11 Å². The van der Waals surface area contributed by atoms with Gasteiger partial charge in [0.15, 0.2) is 0 Å². The molecule has 210 valence electrons. The van der Waals surface area contributed by atoms with Crippen molar-refractivity contribution in [2.24, 2.45) is 0 Å². The number of ether oxygens (including phenoxy) is 1. The average Bonchev–Trinajstić information content (AvgIpc) is 3.66. The SMILES string of the molecule is COC(=O)[C@H](Cc1ccccc1)NC(=O)[C@H](Cc1ccccc1)NC(=O)[C@@H]1CCCN1C(=O)[C@@H]1CCCN1.Cl. The van der Waals surface area contributed by atoms with Crippen molar-refractivity contribution in [1.82, 2.24) is 20.9 Å². The highest BCUT2D eigenvalue weighted by Crippen LogP contribution is 2.21. The Kier molecular flexibility index (Phi) is 11.3. The number of esters is 1. The molecule has 0 bridgehead atoms. The van der Waals surface area contributed by atoms with E-state index in [0.717, 1.165) is 36.9 Å². The van der Waals surface area contributed by atoms with Gasteiger partial charge in [0.1, 0.15) is 18.1 Å². The van der Waals surface area contributed by atoms with Crippen molar-refractivity contribution < 1.29 is 23.9 Å². The predicted octanol–water partition coefficient (Wildman–Crippen LogP) is 1.78. The summed E-state index contributed by atoms with van der Waals surface area (Å²) in [4.78, 5) is 54.2. The van der Waals surface area contributed by atoms with Crippen LogP contribution in [0.15, 0.2) is 60.7 Å². The van der Waals surface area contributed by atoms with Gasteiger partial charge in [-0.2, -0.15) is 0 Å². The van der Waals surface area contributed by atoms with Crippen LogP contribution in [0.25, 0.3) is 0 Å². The summed E-state index contributed by atoms with van der Waals surface area (Å²) in [6, 6.07) is 16.0. The lowest BCUT2D eigenvalue weighted by molar-refractivity contribution is -0.145. The third-order valence-corrected chi connectivity index (χ3v) is 7.20. The Balaban J connectivity index is 0.00000420. The summed E-state index contributed by atoms with van der Waals surface area (Å²) in [6.07, 6.45) is 3.47. The first-order valence-corrected chi connectivity index (χ1v) is 13.3. The highest BCUT2D eigenvalue weighted by Gasteiger charge is 2.39. The second kappa shape index (κ2) is 14.6. The van der Waals surface area contributed by atoms with Crippen molar-refractivity contribution >= 4 is 36.1 Å². The average molecular weight is 557 g/mol. The van der Waals surface area contributed by atoms with Gasteiger partial charge < -0.3 is 25.6 Å². The van der Waals surface area contributed by atoms with Crippen LogP contribution < -0.4 is 16.0 Å². The third-order valence-electron chi connectivity index (χ3n) is 7.20. The van der Waals surface area contributed by atoms with E-state index < -0.39 is 30.0 Å². The van der Waals surface area contributed by atoms with E-state index in [-0.39, 0.29) is 43.1 Å². The zero-order valence-electron chi connectivity index (χ0n) is 22.1. The minimum atomic E-state index is -0.935. The number of benzene rings is 2. The molecular formula is C29H37ClN4O5. The number of hydrogen-bond acceptors (Lipinski definition) is 6. The highest BCUT2D eigenvalue weighted by molar-refractivity contribution is 5.94. The number of carbonyl (C=O) groups is 4. The summed E-state index contributed by atoms with van der Waals surface area (Å²) in [7, 11) is 1.28. The molecule has 39 heavy (non-hydrogen) atoms. The fourth-order valence-electron chi connectivity index (χ4n) is 5.18. The maximum atomic E-state index is 13.5. The molecule has 2 heterocycles. The number of nitrogens with zero attached hydrogens (tertiary/aromatic N) is 1. The van der Waals surface area contributed by atoms with Gasteiger partial charge in [-0.25, -0.2) is 4.79 Å². The molecule has 0 radical (unpaired) electrons. The Morgan fingerprint density at radius 1 is 0.897 bits per heavy atom. The molecule has 2 saturated heterocycles. The Morgan fingerprint density at radius 3 is 2.08 bits per heavy atom. The number of nitrogens with one attached hydrogen (secondary N) is 3. The number of rotatable bonds is 10. The van der Waals surface area contributed by atoms with Crippen molar-refractivity contribution in [1.29, 1.82) is 0 Å². The van der Waals surface area contributed by atoms with Gasteiger partial charge in [-0.05, 0) is 43.4 Å². The number of hydrogen-bond donors (Lipinski definition) is 3. The molecule has 9 nitrogen and oxygen atoms in total. The number of amides is 3. The lowest BCUT2D eigenvalue weighted by atomic mass is 10.0. The number of likely N-dealkylation sites (tertiary alicyclic amines) is 1. The minimum absolute atomic E-state index is 0. The van der Waals surface area contributed by atoms with Gasteiger partial charge in [0.2, 0.25) is 17.7 Å². The van der Waals surface area contributed by atoms with E-state index in [0.29, 0.717) is 13.0 Å². The van der Waals surface area contributed by atoms with Crippen LogP contribution >= 0.6 is 12.4 Å². The molecule has 3 amide bonds. The molecule has 0 spiro atoms. The fraction of sp³-hybridized carbons (Fsp3) is 0.448. The molecule has 10 heteroatoms. The standard InChI is InChI=1S/C29H36N4O5.ClH/c1-38-29(37)24(19-21-12-6-3-7-13-21)32-26(34)23(18-20-10-4-2-5-11-20)31-27(35)25-15-9-17-33(25)28(36)22-14-8-16-30-22;/h2-7,10-13,22-25,30H,8-9,14-19H2,1H3,(H,31,35)(H,32,34);1H/t22-,23-,24-,25-;/m0./s1. The second-order valence-corrected chi connectivity index (χ2v) is 9.86. The first-order chi connectivity index (χ1) is 18.5. The molecule has 3 N–H and O–H groups in total. The second-order valence-electron chi connectivity index (χ2n) is 9.86. The van der Waals surface area contributed by atoms with E-state index in [1.807, 2.05) is 60.7 Å². The van der Waals surface area contributed by atoms with Crippen molar-refractivity contribution in [2.75, 3.05) is 20.2 Å². The van der Waals surface area contributed by atoms with Gasteiger partial charge in [0, 0.05) is 19.4 Å². The Hall–Kier alpha value is -3.43. The molecule has 4 rings (SSSR count). The third kappa shape index (κ3) is 8.03. The molecular weight excluding hydrogens is 520 g/mol. The zero-order chi connectivity index (χ0) is 26.9. The lowest BCUT2D eigenvalue weighted by Gasteiger charge is -2.29. The summed E-state index contributed by atoms with van der Waals surface area (Å²) in [5.41, 5.74) is 1.73. The number of halogens is 1. The van der Waals surface area contributed by atoms with Crippen molar-refractivity contribution in [2.45, 2.75) is 62.7 Å². The lowest BCUT2D eigenvalue weighted by Crippen LogP contribution is -2.57. The Labute approximate surface area is 235 Å². The van der Waals surface area contributed by atoms with E-state index in [1.54, 1.807) is 4.90 Å². The fourth-order valence-corrected chi connectivity index (χ4v) is 5.18. The van der Waals surface area contributed by atoms with Crippen molar-refractivity contribution in [3.05, 3.63) is 71.8 Å². The summed E-state index contributed by atoms with van der Waals surface area (Å²) in [6.45, 7) is 1.32. The van der Waals surface area contributed by atoms with E-state index in [9.17, 15) is 19.2 Å². The summed E-state index contributed by atoms with van der Waals surface area (Å²) in [5, 5.41) is 8.90. The topological polar surface area (TPSA) is 117 Å². The molecule has 2 aromatic carbocycles. The van der Waals surface area contributed by atoms with Crippen LogP contribution in [-0.2, 0) is 36.8 Å². The molecule has 2 fully saturated rings. The summed E-state index contributed by atoms with van der Waals surface area (Å²) < 4.78 is 4.94. The van der Waals surface area contributed by atoms with Crippen LogP contribution in [-0.4, -0.2) is 73.0 Å². The Bertz CT molecular complexity index is 1110. The van der Waals surface area contributed by atoms with Gasteiger partial charge in [-0.15, -0.1) is 12.4 Å². The van der Waals surface area contributed by atoms with Crippen LogP contribution in [0.2, 0.25) is 0 Å². The van der Waals surface area contributed by atoms with Crippen LogP contribution in [0.3, 0.4) is 0 Å². The Morgan fingerprint density at radius 2 is 1.51 bits per heavy atom. The molecule has 0 unspecified atom stereocenters. The molecule has 4 atom stereocenters. The number of carbonyl (C=O) groups excluding carboxylic acids is 4. The molecule has 0 aliphatic carbocycles. The molecule has 0 aromatic heterocycles. The smallest absolute Gasteiger partial charge is 0.328 e. The zero-order valence-corrected chi connectivity index (χ0v) is 23.0. The monoisotopic (exact) mass is 556 g/mol. The van der Waals surface area contributed by atoms with Crippen LogP contribution in [0, 0.1) is 0 Å². The van der Waals surface area contributed by atoms with Crippen molar-refractivity contribution in [3.63, 3.8) is 0 Å². The normalized spacial score (nSPS) is 19.9. The van der Waals surface area contributed by atoms with Crippen molar-refractivity contribution in [3.8, 4) is 0 Å². The molecule has 2 aliphatic heterocycles. The van der Waals surface area contributed by atoms with Crippen LogP contribution in [0.5, 0.6) is 0 Å². The molecule has 2 aliphatic rings. The maximum absolute atomic E-state index is 13.5. The van der Waals surface area contributed by atoms with Gasteiger partial charge in [-0.3, -0.25) is 14.4 Å². The maximum Gasteiger partial charge on any atom is 0.328 e.